The van der Waals surface area contributed by atoms with Gasteiger partial charge in [0.1, 0.15) is 0 Å². The number of carbonyl (C=O) groups excluding carboxylic acids is 1. The lowest BCUT2D eigenvalue weighted by atomic mass is 9.78. The van der Waals surface area contributed by atoms with Gasteiger partial charge in [0.25, 0.3) is 5.95 Å². The molecule has 6 heteroatoms. The lowest BCUT2D eigenvalue weighted by Crippen LogP contribution is -2.42. The Morgan fingerprint density at radius 3 is 2.70 bits per heavy atom. The Morgan fingerprint density at radius 1 is 1.22 bits per heavy atom. The molecule has 2 aromatic rings. The first-order valence-corrected chi connectivity index (χ1v) is 9.74. The van der Waals surface area contributed by atoms with Gasteiger partial charge in [0, 0.05) is 44.4 Å². The van der Waals surface area contributed by atoms with Gasteiger partial charge >= 0.3 is 0 Å². The van der Waals surface area contributed by atoms with Gasteiger partial charge in [-0.3, -0.25) is 4.79 Å². The number of likely N-dealkylation sites (tertiary alicyclic amines) is 1. The highest BCUT2D eigenvalue weighted by Gasteiger charge is 2.44. The van der Waals surface area contributed by atoms with E-state index >= 15 is 0 Å². The predicted octanol–water partition coefficient (Wildman–Crippen LogP) is 3.16. The molecule has 6 nitrogen and oxygen atoms in total. The first kappa shape index (κ1) is 17.8. The topological polar surface area (TPSA) is 62.5 Å². The summed E-state index contributed by atoms with van der Waals surface area (Å²) in [6.45, 7) is 5.30. The lowest BCUT2D eigenvalue weighted by molar-refractivity contribution is -0.127. The van der Waals surface area contributed by atoms with Crippen molar-refractivity contribution in [2.75, 3.05) is 31.1 Å². The zero-order chi connectivity index (χ0) is 18.7. The molecule has 0 bridgehead atoms. The van der Waals surface area contributed by atoms with Crippen molar-refractivity contribution in [1.82, 2.24) is 15.0 Å². The average Bonchev–Trinajstić information content (AvgIpc) is 3.29. The molecule has 1 aromatic heterocycles. The summed E-state index contributed by atoms with van der Waals surface area (Å²) >= 11 is 0. The van der Waals surface area contributed by atoms with E-state index in [2.05, 4.69) is 39.3 Å². The highest BCUT2D eigenvalue weighted by molar-refractivity contribution is 5.80. The number of benzene rings is 1. The van der Waals surface area contributed by atoms with Crippen LogP contribution in [0.15, 0.2) is 40.9 Å². The van der Waals surface area contributed by atoms with Crippen molar-refractivity contribution in [3.05, 3.63) is 47.9 Å². The number of amides is 1. The van der Waals surface area contributed by atoms with Crippen LogP contribution in [0, 0.1) is 5.41 Å². The zero-order valence-corrected chi connectivity index (χ0v) is 15.8. The molecule has 0 radical (unpaired) electrons. The maximum absolute atomic E-state index is 12.5. The van der Waals surface area contributed by atoms with E-state index < -0.39 is 0 Å². The zero-order valence-electron chi connectivity index (χ0n) is 15.8. The van der Waals surface area contributed by atoms with E-state index in [0.29, 0.717) is 24.8 Å². The van der Waals surface area contributed by atoms with Gasteiger partial charge in [-0.1, -0.05) is 49.4 Å². The Hall–Kier alpha value is -2.63. The third-order valence-electron chi connectivity index (χ3n) is 5.71. The minimum absolute atomic E-state index is 0.103. The first-order chi connectivity index (χ1) is 13.2. The Balaban J connectivity index is 1.33. The number of aromatic nitrogens is 2. The fraction of sp³-hybridized carbons (Fsp3) is 0.476. The Kier molecular flexibility index (Phi) is 4.97. The fourth-order valence-electron chi connectivity index (χ4n) is 4.06. The minimum Gasteiger partial charge on any atom is -0.338 e. The average molecular weight is 366 g/mol. The molecule has 0 N–H and O–H groups in total. The van der Waals surface area contributed by atoms with E-state index in [1.165, 1.54) is 5.56 Å². The molecule has 142 valence electrons. The third kappa shape index (κ3) is 3.89. The summed E-state index contributed by atoms with van der Waals surface area (Å²) in [5, 5.41) is 4.08. The van der Waals surface area contributed by atoms with Gasteiger partial charge in [-0.05, 0) is 23.6 Å². The third-order valence-corrected chi connectivity index (χ3v) is 5.71. The second kappa shape index (κ2) is 7.55. The van der Waals surface area contributed by atoms with Crippen molar-refractivity contribution in [3.8, 4) is 0 Å². The van der Waals surface area contributed by atoms with E-state index in [9.17, 15) is 4.79 Å². The van der Waals surface area contributed by atoms with Gasteiger partial charge in [0.05, 0.1) is 0 Å². The number of anilines is 1. The van der Waals surface area contributed by atoms with Crippen molar-refractivity contribution in [2.45, 2.75) is 32.6 Å². The molecule has 2 saturated heterocycles. The van der Waals surface area contributed by atoms with Gasteiger partial charge in [-0.15, -0.1) is 0 Å². The molecular formula is C21H26N4O2. The molecule has 3 heterocycles. The number of nitrogens with zero attached hydrogens (tertiary/aromatic N) is 4. The van der Waals surface area contributed by atoms with E-state index in [0.717, 1.165) is 38.9 Å². The number of rotatable bonds is 5. The summed E-state index contributed by atoms with van der Waals surface area (Å²) in [4.78, 5) is 21.1. The second-order valence-corrected chi connectivity index (χ2v) is 7.59. The first-order valence-electron chi connectivity index (χ1n) is 9.74. The number of hydrogen-bond acceptors (Lipinski definition) is 5. The summed E-state index contributed by atoms with van der Waals surface area (Å²) in [6.07, 6.45) is 7.58. The maximum Gasteiger partial charge on any atom is 0.266 e. The molecule has 0 saturated carbocycles. The molecule has 2 aliphatic heterocycles. The Bertz CT molecular complexity index is 807. The van der Waals surface area contributed by atoms with Crippen LogP contribution < -0.4 is 4.90 Å². The maximum atomic E-state index is 12.5. The van der Waals surface area contributed by atoms with Crippen LogP contribution in [0.5, 0.6) is 0 Å². The molecule has 0 unspecified atom stereocenters. The standard InChI is InChI=1S/C21H26N4O2/c1-2-18-22-20(23-27-18)24-13-10-21(11-14-24)15-19(26)25(16-21)12-6-9-17-7-4-3-5-8-17/h3-9H,2,10-16H2,1H3. The smallest absolute Gasteiger partial charge is 0.266 e. The molecular weight excluding hydrogens is 340 g/mol. The molecule has 0 aliphatic carbocycles. The van der Waals surface area contributed by atoms with Crippen LogP contribution in [0.25, 0.3) is 6.08 Å². The largest absolute Gasteiger partial charge is 0.338 e. The summed E-state index contributed by atoms with van der Waals surface area (Å²) in [7, 11) is 0. The van der Waals surface area contributed by atoms with Crippen molar-refractivity contribution >= 4 is 17.9 Å². The second-order valence-electron chi connectivity index (χ2n) is 7.59. The van der Waals surface area contributed by atoms with Gasteiger partial charge in [-0.2, -0.15) is 4.98 Å². The van der Waals surface area contributed by atoms with Crippen molar-refractivity contribution in [1.29, 1.82) is 0 Å². The van der Waals surface area contributed by atoms with Crippen LogP contribution in [-0.4, -0.2) is 47.1 Å². The number of piperidine rings is 1. The minimum atomic E-state index is 0.103. The monoisotopic (exact) mass is 366 g/mol. The van der Waals surface area contributed by atoms with Gasteiger partial charge in [-0.25, -0.2) is 0 Å². The van der Waals surface area contributed by atoms with E-state index in [1.807, 2.05) is 30.0 Å². The number of aryl methyl sites for hydroxylation is 1. The van der Waals surface area contributed by atoms with Crippen molar-refractivity contribution in [2.24, 2.45) is 5.41 Å². The molecule has 27 heavy (non-hydrogen) atoms. The number of carbonyl (C=O) groups is 1. The van der Waals surface area contributed by atoms with Gasteiger partial charge in [0.2, 0.25) is 11.8 Å². The quantitative estimate of drug-likeness (QED) is 0.813. The van der Waals surface area contributed by atoms with Crippen LogP contribution in [-0.2, 0) is 11.2 Å². The Labute approximate surface area is 159 Å². The van der Waals surface area contributed by atoms with Crippen molar-refractivity contribution < 1.29 is 9.32 Å². The molecule has 2 aliphatic rings. The van der Waals surface area contributed by atoms with Gasteiger partial charge in [0.15, 0.2) is 0 Å². The highest BCUT2D eigenvalue weighted by atomic mass is 16.5. The molecule has 2 fully saturated rings. The van der Waals surface area contributed by atoms with Crippen LogP contribution in [0.3, 0.4) is 0 Å². The van der Waals surface area contributed by atoms with Gasteiger partial charge < -0.3 is 14.3 Å². The van der Waals surface area contributed by atoms with Crippen LogP contribution in [0.4, 0.5) is 5.95 Å². The SMILES string of the molecule is CCc1nc(N2CCC3(CC2)CC(=O)N(CC=Cc2ccccc2)C3)no1. The highest BCUT2D eigenvalue weighted by Crippen LogP contribution is 2.41. The Morgan fingerprint density at radius 2 is 2.00 bits per heavy atom. The van der Waals surface area contributed by atoms with Crippen LogP contribution in [0.1, 0.15) is 37.6 Å². The number of hydrogen-bond donors (Lipinski definition) is 0. The molecule has 0 atom stereocenters. The normalized spacial score (nSPS) is 19.5. The van der Waals surface area contributed by atoms with Crippen LogP contribution in [0.2, 0.25) is 0 Å². The molecule has 1 amide bonds. The lowest BCUT2D eigenvalue weighted by Gasteiger charge is -2.38. The van der Waals surface area contributed by atoms with Crippen molar-refractivity contribution in [3.63, 3.8) is 0 Å². The predicted molar refractivity (Wildman–Crippen MR) is 104 cm³/mol. The summed E-state index contributed by atoms with van der Waals surface area (Å²) in [5.74, 6) is 1.64. The van der Waals surface area contributed by atoms with Crippen LogP contribution >= 0.6 is 0 Å². The summed E-state index contributed by atoms with van der Waals surface area (Å²) in [5.41, 5.74) is 1.27. The molecule has 1 spiro atoms. The fourth-order valence-corrected chi connectivity index (χ4v) is 4.06. The van der Waals surface area contributed by atoms with E-state index in [4.69, 9.17) is 4.52 Å². The van der Waals surface area contributed by atoms with E-state index in [-0.39, 0.29) is 11.3 Å². The summed E-state index contributed by atoms with van der Waals surface area (Å²) < 4.78 is 5.23. The molecule has 4 rings (SSSR count). The summed E-state index contributed by atoms with van der Waals surface area (Å²) in [6, 6.07) is 10.2. The molecule has 1 aromatic carbocycles. The van der Waals surface area contributed by atoms with E-state index in [1.54, 1.807) is 0 Å².